The molecule has 0 bridgehead atoms. The quantitative estimate of drug-likeness (QED) is 0.479. The molecule has 2 aromatic rings. The van der Waals surface area contributed by atoms with E-state index in [0.717, 1.165) is 49.7 Å². The van der Waals surface area contributed by atoms with Gasteiger partial charge in [0.1, 0.15) is 23.2 Å². The number of fused-ring (bicyclic) bond motifs is 1. The van der Waals surface area contributed by atoms with Crippen LogP contribution in [0, 0.1) is 5.92 Å². The normalized spacial score (nSPS) is 17.5. The number of alkyl carbamates (subject to hydrolysis) is 1. The summed E-state index contributed by atoms with van der Waals surface area (Å²) in [5.74, 6) is 0.206. The fourth-order valence-corrected chi connectivity index (χ4v) is 5.01. The molecule has 8 nitrogen and oxygen atoms in total. The molecule has 1 heterocycles. The van der Waals surface area contributed by atoms with Crippen molar-refractivity contribution in [1.29, 1.82) is 0 Å². The van der Waals surface area contributed by atoms with Crippen LogP contribution in [0.25, 0.3) is 0 Å². The van der Waals surface area contributed by atoms with Crippen LogP contribution >= 0.6 is 0 Å². The van der Waals surface area contributed by atoms with Gasteiger partial charge in [-0.05, 0) is 83.4 Å². The predicted octanol–water partition coefficient (Wildman–Crippen LogP) is 5.40. The summed E-state index contributed by atoms with van der Waals surface area (Å²) in [5, 5.41) is 16.7. The van der Waals surface area contributed by atoms with Crippen molar-refractivity contribution in [1.82, 2.24) is 5.32 Å². The molecule has 37 heavy (non-hydrogen) atoms. The second kappa shape index (κ2) is 11.0. The average Bonchev–Trinajstić information content (AvgIpc) is 3.62. The van der Waals surface area contributed by atoms with Crippen molar-refractivity contribution in [3.8, 4) is 5.75 Å². The molecule has 1 aromatic heterocycles. The zero-order valence-electron chi connectivity index (χ0n) is 22.2. The van der Waals surface area contributed by atoms with Crippen molar-refractivity contribution in [2.75, 3.05) is 5.32 Å². The zero-order valence-corrected chi connectivity index (χ0v) is 22.2. The molecule has 0 spiro atoms. The van der Waals surface area contributed by atoms with Crippen molar-refractivity contribution in [2.45, 2.75) is 96.6 Å². The van der Waals surface area contributed by atoms with Crippen molar-refractivity contribution in [3.63, 3.8) is 0 Å². The fraction of sp³-hybridized carbons (Fsp3) is 0.552. The monoisotopic (exact) mass is 510 g/mol. The Morgan fingerprint density at radius 1 is 1.11 bits per heavy atom. The van der Waals surface area contributed by atoms with E-state index in [1.54, 1.807) is 33.8 Å². The molecule has 3 N–H and O–H groups in total. The Morgan fingerprint density at radius 3 is 2.49 bits per heavy atom. The zero-order chi connectivity index (χ0) is 26.7. The first-order valence-corrected chi connectivity index (χ1v) is 13.3. The number of hydrogen-bond donors (Lipinski definition) is 3. The first kappa shape index (κ1) is 26.8. The van der Waals surface area contributed by atoms with E-state index in [0.29, 0.717) is 29.9 Å². The molecule has 200 valence electrons. The first-order valence-electron chi connectivity index (χ1n) is 13.3. The lowest BCUT2D eigenvalue weighted by molar-refractivity contribution is -0.117. The number of amides is 2. The van der Waals surface area contributed by atoms with Crippen LogP contribution in [-0.2, 0) is 22.4 Å². The molecular formula is C29H38N2O6. The molecule has 1 fully saturated rings. The van der Waals surface area contributed by atoms with Crippen LogP contribution in [-0.4, -0.2) is 28.7 Å². The maximum Gasteiger partial charge on any atom is 0.408 e. The Morgan fingerprint density at radius 2 is 1.81 bits per heavy atom. The maximum absolute atomic E-state index is 13.2. The minimum atomic E-state index is -0.817. The highest BCUT2D eigenvalue weighted by atomic mass is 16.6. The van der Waals surface area contributed by atoms with Crippen LogP contribution in [0.5, 0.6) is 5.75 Å². The van der Waals surface area contributed by atoms with Gasteiger partial charge in [0.15, 0.2) is 0 Å². The van der Waals surface area contributed by atoms with Crippen LogP contribution in [0.1, 0.15) is 94.6 Å². The Bertz CT molecular complexity index is 1210. The summed E-state index contributed by atoms with van der Waals surface area (Å²) in [6.45, 7) is 6.84. The Labute approximate surface area is 217 Å². The second-order valence-corrected chi connectivity index (χ2v) is 11.3. The summed E-state index contributed by atoms with van der Waals surface area (Å²) in [6.07, 6.45) is 6.71. The van der Waals surface area contributed by atoms with Gasteiger partial charge in [0.2, 0.25) is 5.91 Å². The standard InChI is InChI=1S/C29H38N2O6/c1-17(30-28(35)37-29(2,3)4)26(33)31-20-11-9-10-19(16-20)23(18-14-15-18)24-25(32)21-12-7-5-6-8-13-22(21)36-27(24)34/h9-11,16-18,23,32H,5-8,12-15H2,1-4H3,(H,30,35)(H,31,33)/t17-,23?/m0/s1. The topological polar surface area (TPSA) is 118 Å². The summed E-state index contributed by atoms with van der Waals surface area (Å²) in [6, 6.07) is 6.50. The predicted molar refractivity (Wildman–Crippen MR) is 141 cm³/mol. The number of ether oxygens (including phenoxy) is 1. The maximum atomic E-state index is 13.2. The van der Waals surface area contributed by atoms with Gasteiger partial charge in [-0.15, -0.1) is 0 Å². The molecule has 2 atom stereocenters. The number of anilines is 1. The van der Waals surface area contributed by atoms with E-state index in [9.17, 15) is 19.5 Å². The number of nitrogens with one attached hydrogen (secondary N) is 2. The fourth-order valence-electron chi connectivity index (χ4n) is 5.01. The smallest absolute Gasteiger partial charge is 0.408 e. The molecule has 1 saturated carbocycles. The van der Waals surface area contributed by atoms with E-state index in [4.69, 9.17) is 9.15 Å². The highest BCUT2D eigenvalue weighted by Gasteiger charge is 2.38. The molecule has 1 aromatic carbocycles. The van der Waals surface area contributed by atoms with Gasteiger partial charge in [-0.25, -0.2) is 9.59 Å². The van der Waals surface area contributed by atoms with Gasteiger partial charge < -0.3 is 24.9 Å². The van der Waals surface area contributed by atoms with Crippen LogP contribution < -0.4 is 16.3 Å². The largest absolute Gasteiger partial charge is 0.507 e. The van der Waals surface area contributed by atoms with Gasteiger partial charge in [0, 0.05) is 23.6 Å². The highest BCUT2D eigenvalue weighted by molar-refractivity contribution is 5.96. The Kier molecular flexibility index (Phi) is 7.95. The molecule has 4 rings (SSSR count). The van der Waals surface area contributed by atoms with Crippen molar-refractivity contribution in [2.24, 2.45) is 5.92 Å². The number of carbonyl (C=O) groups excluding carboxylic acids is 2. The molecule has 2 aliphatic rings. The average molecular weight is 511 g/mol. The summed E-state index contributed by atoms with van der Waals surface area (Å²) >= 11 is 0. The van der Waals surface area contributed by atoms with Gasteiger partial charge >= 0.3 is 11.7 Å². The molecule has 8 heteroatoms. The summed E-state index contributed by atoms with van der Waals surface area (Å²) < 4.78 is 11.0. The highest BCUT2D eigenvalue weighted by Crippen LogP contribution is 2.49. The van der Waals surface area contributed by atoms with Crippen LogP contribution in [0.15, 0.2) is 33.5 Å². The minimum absolute atomic E-state index is 0.0784. The Hall–Kier alpha value is -3.29. The number of aromatic hydroxyl groups is 1. The SMILES string of the molecule is C[C@H](NC(=O)OC(C)(C)C)C(=O)Nc1cccc(C(c2c(O)c3c(oc2=O)CCCCCC3)C2CC2)c1. The molecule has 0 radical (unpaired) electrons. The van der Waals surface area contributed by atoms with Crippen LogP contribution in [0.2, 0.25) is 0 Å². The third-order valence-corrected chi connectivity index (χ3v) is 6.94. The van der Waals surface area contributed by atoms with Crippen LogP contribution in [0.3, 0.4) is 0 Å². The molecule has 0 aliphatic heterocycles. The number of carbonyl (C=O) groups is 2. The molecule has 1 unspecified atom stereocenters. The van der Waals surface area contributed by atoms with E-state index in [-0.39, 0.29) is 17.6 Å². The summed E-state index contributed by atoms with van der Waals surface area (Å²) in [7, 11) is 0. The van der Waals surface area contributed by atoms with Crippen molar-refractivity contribution in [3.05, 3.63) is 57.1 Å². The molecular weight excluding hydrogens is 472 g/mol. The number of rotatable bonds is 6. The van der Waals surface area contributed by atoms with Gasteiger partial charge in [0.05, 0.1) is 5.56 Å². The molecule has 2 aliphatic carbocycles. The first-order chi connectivity index (χ1) is 17.5. The van der Waals surface area contributed by atoms with E-state index in [1.807, 2.05) is 18.2 Å². The lowest BCUT2D eigenvalue weighted by Gasteiger charge is -2.22. The van der Waals surface area contributed by atoms with Gasteiger partial charge in [-0.2, -0.15) is 0 Å². The molecule has 2 amide bonds. The third kappa shape index (κ3) is 6.73. The lowest BCUT2D eigenvalue weighted by atomic mass is 9.85. The third-order valence-electron chi connectivity index (χ3n) is 6.94. The van der Waals surface area contributed by atoms with Crippen LogP contribution in [0.4, 0.5) is 10.5 Å². The summed E-state index contributed by atoms with van der Waals surface area (Å²) in [5.41, 5.74) is 1.33. The van der Waals surface area contributed by atoms with Crippen molar-refractivity contribution < 1.29 is 23.8 Å². The van der Waals surface area contributed by atoms with Gasteiger partial charge in [-0.1, -0.05) is 25.0 Å². The second-order valence-electron chi connectivity index (χ2n) is 11.3. The van der Waals surface area contributed by atoms with Gasteiger partial charge in [-0.3, -0.25) is 4.79 Å². The van der Waals surface area contributed by atoms with E-state index < -0.39 is 29.3 Å². The van der Waals surface area contributed by atoms with Gasteiger partial charge in [0.25, 0.3) is 0 Å². The number of aryl methyl sites for hydroxylation is 1. The number of benzene rings is 1. The minimum Gasteiger partial charge on any atom is -0.507 e. The summed E-state index contributed by atoms with van der Waals surface area (Å²) in [4.78, 5) is 38.0. The van der Waals surface area contributed by atoms with E-state index in [2.05, 4.69) is 10.6 Å². The van der Waals surface area contributed by atoms with E-state index in [1.165, 1.54) is 0 Å². The lowest BCUT2D eigenvalue weighted by Crippen LogP contribution is -2.43. The van der Waals surface area contributed by atoms with Crippen molar-refractivity contribution >= 4 is 17.7 Å². The van der Waals surface area contributed by atoms with E-state index >= 15 is 0 Å². The Balaban J connectivity index is 1.57. The number of hydrogen-bond acceptors (Lipinski definition) is 6. The molecule has 0 saturated heterocycles.